The van der Waals surface area contributed by atoms with E-state index in [0.717, 1.165) is 17.0 Å². The first-order chi connectivity index (χ1) is 10.4. The highest BCUT2D eigenvalue weighted by atomic mass is 16.5. The van der Waals surface area contributed by atoms with E-state index < -0.39 is 0 Å². The van der Waals surface area contributed by atoms with Crippen molar-refractivity contribution in [3.63, 3.8) is 0 Å². The summed E-state index contributed by atoms with van der Waals surface area (Å²) in [6.07, 6.45) is 1.12. The first kappa shape index (κ1) is 16.3. The molecular weight excluding hydrogens is 276 g/mol. The van der Waals surface area contributed by atoms with E-state index in [4.69, 9.17) is 4.52 Å². The van der Waals surface area contributed by atoms with Gasteiger partial charge in [-0.2, -0.15) is 0 Å². The van der Waals surface area contributed by atoms with Crippen LogP contribution in [0.4, 0.5) is 0 Å². The van der Waals surface area contributed by atoms with E-state index in [1.165, 1.54) is 22.3 Å². The maximum absolute atomic E-state index is 12.1. The maximum atomic E-state index is 12.1. The Labute approximate surface area is 131 Å². The standard InChI is InChI=1S/C18H24N2O2/c1-11-8-12(2)17(13(3)9-11)10-19-18(21)7-6-16-14(4)20-22-15(16)5/h8-9H,6-7,10H2,1-5H3,(H,19,21). The van der Waals surface area contributed by atoms with Gasteiger partial charge in [-0.15, -0.1) is 0 Å². The molecule has 4 nitrogen and oxygen atoms in total. The molecule has 0 fully saturated rings. The minimum absolute atomic E-state index is 0.0550. The summed E-state index contributed by atoms with van der Waals surface area (Å²) in [5.41, 5.74) is 6.82. The van der Waals surface area contributed by atoms with Gasteiger partial charge in [0.05, 0.1) is 5.69 Å². The Bertz CT molecular complexity index is 644. The molecule has 0 saturated carbocycles. The zero-order valence-corrected chi connectivity index (χ0v) is 14.0. The smallest absolute Gasteiger partial charge is 0.220 e. The van der Waals surface area contributed by atoms with E-state index in [1.807, 2.05) is 13.8 Å². The number of rotatable bonds is 5. The van der Waals surface area contributed by atoms with Crippen molar-refractivity contribution >= 4 is 5.91 Å². The fourth-order valence-corrected chi connectivity index (χ4v) is 2.86. The Morgan fingerprint density at radius 2 is 1.73 bits per heavy atom. The summed E-state index contributed by atoms with van der Waals surface area (Å²) in [5, 5.41) is 6.92. The molecule has 118 valence electrons. The van der Waals surface area contributed by atoms with Crippen LogP contribution < -0.4 is 5.32 Å². The monoisotopic (exact) mass is 300 g/mol. The Kier molecular flexibility index (Phi) is 5.01. The van der Waals surface area contributed by atoms with Crippen LogP contribution in [0, 0.1) is 34.6 Å². The third-order valence-electron chi connectivity index (χ3n) is 4.09. The van der Waals surface area contributed by atoms with Gasteiger partial charge in [-0.1, -0.05) is 22.9 Å². The van der Waals surface area contributed by atoms with Crippen LogP contribution in [0.5, 0.6) is 0 Å². The van der Waals surface area contributed by atoms with E-state index in [9.17, 15) is 4.79 Å². The first-order valence-corrected chi connectivity index (χ1v) is 7.63. The van der Waals surface area contributed by atoms with Gasteiger partial charge in [0.1, 0.15) is 5.76 Å². The first-order valence-electron chi connectivity index (χ1n) is 7.63. The largest absolute Gasteiger partial charge is 0.361 e. The van der Waals surface area contributed by atoms with Crippen molar-refractivity contribution in [3.05, 3.63) is 51.4 Å². The van der Waals surface area contributed by atoms with Gasteiger partial charge in [0.2, 0.25) is 5.91 Å². The predicted octanol–water partition coefficient (Wildman–Crippen LogP) is 3.47. The second-order valence-corrected chi connectivity index (χ2v) is 5.96. The molecule has 0 aliphatic carbocycles. The Balaban J connectivity index is 1.91. The van der Waals surface area contributed by atoms with E-state index in [2.05, 4.69) is 43.4 Å². The molecule has 0 aliphatic heterocycles. The van der Waals surface area contributed by atoms with Gasteiger partial charge in [-0.05, 0) is 57.7 Å². The van der Waals surface area contributed by atoms with Crippen molar-refractivity contribution in [1.82, 2.24) is 10.5 Å². The lowest BCUT2D eigenvalue weighted by molar-refractivity contribution is -0.121. The van der Waals surface area contributed by atoms with Crippen molar-refractivity contribution in [2.75, 3.05) is 0 Å². The number of nitrogens with one attached hydrogen (secondary N) is 1. The number of benzene rings is 1. The van der Waals surface area contributed by atoms with Crippen LogP contribution >= 0.6 is 0 Å². The van der Waals surface area contributed by atoms with Crippen molar-refractivity contribution in [2.45, 2.75) is 54.0 Å². The Morgan fingerprint density at radius 3 is 2.27 bits per heavy atom. The Hall–Kier alpha value is -2.10. The molecule has 0 bridgehead atoms. The highest BCUT2D eigenvalue weighted by Crippen LogP contribution is 2.17. The van der Waals surface area contributed by atoms with Crippen LogP contribution in [0.3, 0.4) is 0 Å². The average Bonchev–Trinajstić information content (AvgIpc) is 2.74. The van der Waals surface area contributed by atoms with Crippen LogP contribution in [0.15, 0.2) is 16.7 Å². The molecule has 1 amide bonds. The van der Waals surface area contributed by atoms with Crippen molar-refractivity contribution in [1.29, 1.82) is 0 Å². The molecule has 1 N–H and O–H groups in total. The number of hydrogen-bond donors (Lipinski definition) is 1. The third kappa shape index (κ3) is 3.75. The number of carbonyl (C=O) groups excluding carboxylic acids is 1. The van der Waals surface area contributed by atoms with Crippen LogP contribution in [-0.2, 0) is 17.8 Å². The molecule has 0 radical (unpaired) electrons. The lowest BCUT2D eigenvalue weighted by Gasteiger charge is -2.12. The molecule has 22 heavy (non-hydrogen) atoms. The van der Waals surface area contributed by atoms with Gasteiger partial charge in [0, 0.05) is 18.5 Å². The van der Waals surface area contributed by atoms with Crippen LogP contribution in [0.25, 0.3) is 0 Å². The zero-order valence-electron chi connectivity index (χ0n) is 14.0. The zero-order chi connectivity index (χ0) is 16.3. The molecular formula is C18H24N2O2. The molecule has 0 aliphatic rings. The number of amides is 1. The highest BCUT2D eigenvalue weighted by molar-refractivity contribution is 5.76. The Morgan fingerprint density at radius 1 is 1.09 bits per heavy atom. The summed E-state index contributed by atoms with van der Waals surface area (Å²) in [6, 6.07) is 4.30. The number of nitrogens with zero attached hydrogens (tertiary/aromatic N) is 1. The van der Waals surface area contributed by atoms with Gasteiger partial charge in [-0.3, -0.25) is 4.79 Å². The molecule has 2 aromatic rings. The number of hydrogen-bond acceptors (Lipinski definition) is 3. The summed E-state index contributed by atoms with van der Waals surface area (Å²) in [7, 11) is 0. The summed E-state index contributed by atoms with van der Waals surface area (Å²) >= 11 is 0. The van der Waals surface area contributed by atoms with Crippen LogP contribution in [-0.4, -0.2) is 11.1 Å². The molecule has 0 saturated heterocycles. The maximum Gasteiger partial charge on any atom is 0.220 e. The van der Waals surface area contributed by atoms with Crippen molar-refractivity contribution in [2.24, 2.45) is 0 Å². The summed E-state index contributed by atoms with van der Waals surface area (Å²) < 4.78 is 5.12. The van der Waals surface area contributed by atoms with E-state index in [1.54, 1.807) is 0 Å². The molecule has 0 unspecified atom stereocenters. The van der Waals surface area contributed by atoms with E-state index in [-0.39, 0.29) is 5.91 Å². The second kappa shape index (κ2) is 6.77. The minimum atomic E-state index is 0.0550. The van der Waals surface area contributed by atoms with Gasteiger partial charge >= 0.3 is 0 Å². The molecule has 2 rings (SSSR count). The average molecular weight is 300 g/mol. The molecule has 0 spiro atoms. The molecule has 0 atom stereocenters. The van der Waals surface area contributed by atoms with Crippen LogP contribution in [0.2, 0.25) is 0 Å². The normalized spacial score (nSPS) is 10.8. The van der Waals surface area contributed by atoms with Gasteiger partial charge in [0.25, 0.3) is 0 Å². The number of aromatic nitrogens is 1. The van der Waals surface area contributed by atoms with Gasteiger partial charge < -0.3 is 9.84 Å². The van der Waals surface area contributed by atoms with Crippen molar-refractivity contribution in [3.8, 4) is 0 Å². The van der Waals surface area contributed by atoms with E-state index >= 15 is 0 Å². The summed E-state index contributed by atoms with van der Waals surface area (Å²) in [4.78, 5) is 12.1. The number of aryl methyl sites for hydroxylation is 5. The van der Waals surface area contributed by atoms with Crippen molar-refractivity contribution < 1.29 is 9.32 Å². The predicted molar refractivity (Wildman–Crippen MR) is 86.8 cm³/mol. The van der Waals surface area contributed by atoms with E-state index in [0.29, 0.717) is 19.4 Å². The SMILES string of the molecule is Cc1cc(C)c(CNC(=O)CCc2c(C)noc2C)c(C)c1. The quantitative estimate of drug-likeness (QED) is 0.920. The molecule has 1 aromatic carbocycles. The molecule has 1 aromatic heterocycles. The number of carbonyl (C=O) groups is 1. The topological polar surface area (TPSA) is 55.1 Å². The minimum Gasteiger partial charge on any atom is -0.361 e. The lowest BCUT2D eigenvalue weighted by atomic mass is 10.00. The molecule has 1 heterocycles. The van der Waals surface area contributed by atoms with Crippen LogP contribution in [0.1, 0.15) is 45.7 Å². The highest BCUT2D eigenvalue weighted by Gasteiger charge is 2.11. The third-order valence-corrected chi connectivity index (χ3v) is 4.09. The fraction of sp³-hybridized carbons (Fsp3) is 0.444. The fourth-order valence-electron chi connectivity index (χ4n) is 2.86. The molecule has 4 heteroatoms. The lowest BCUT2D eigenvalue weighted by Crippen LogP contribution is -2.24. The van der Waals surface area contributed by atoms with Gasteiger partial charge in [0.15, 0.2) is 0 Å². The summed E-state index contributed by atoms with van der Waals surface area (Å²) in [6.45, 7) is 10.6. The summed E-state index contributed by atoms with van der Waals surface area (Å²) in [5.74, 6) is 0.856. The van der Waals surface area contributed by atoms with Gasteiger partial charge in [-0.25, -0.2) is 0 Å². The second-order valence-electron chi connectivity index (χ2n) is 5.96.